The van der Waals surface area contributed by atoms with E-state index in [1.165, 1.54) is 12.1 Å². The van der Waals surface area contributed by atoms with Crippen molar-refractivity contribution in [2.24, 2.45) is 0 Å². The second-order valence-corrected chi connectivity index (χ2v) is 7.25. The van der Waals surface area contributed by atoms with E-state index in [0.717, 1.165) is 16.7 Å². The van der Waals surface area contributed by atoms with Gasteiger partial charge in [0.25, 0.3) is 0 Å². The molecule has 3 aromatic carbocycles. The van der Waals surface area contributed by atoms with Gasteiger partial charge >= 0.3 is 0 Å². The van der Waals surface area contributed by atoms with Crippen molar-refractivity contribution < 1.29 is 13.9 Å². The maximum atomic E-state index is 13.0. The third-order valence-electron chi connectivity index (χ3n) is 4.31. The molecule has 29 heavy (non-hydrogen) atoms. The van der Waals surface area contributed by atoms with Crippen LogP contribution in [0, 0.1) is 5.82 Å². The molecule has 0 aliphatic rings. The van der Waals surface area contributed by atoms with E-state index < -0.39 is 0 Å². The lowest BCUT2D eigenvalue weighted by atomic mass is 10.1. The number of hydrogen-bond acceptors (Lipinski definition) is 3. The van der Waals surface area contributed by atoms with Gasteiger partial charge in [-0.2, -0.15) is 0 Å². The Bertz CT molecular complexity index is 948. The topological polar surface area (TPSA) is 30.5 Å². The molecule has 0 spiro atoms. The van der Waals surface area contributed by atoms with Crippen LogP contribution in [0.15, 0.2) is 60.7 Å². The van der Waals surface area contributed by atoms with Gasteiger partial charge in [-0.1, -0.05) is 53.5 Å². The summed E-state index contributed by atoms with van der Waals surface area (Å²) >= 11 is 12.7. The molecule has 3 nitrogen and oxygen atoms in total. The van der Waals surface area contributed by atoms with Gasteiger partial charge in [0.15, 0.2) is 11.5 Å². The maximum Gasteiger partial charge on any atom is 0.163 e. The first-order valence-electron chi connectivity index (χ1n) is 9.33. The van der Waals surface area contributed by atoms with Crippen molar-refractivity contribution in [3.05, 3.63) is 93.2 Å². The summed E-state index contributed by atoms with van der Waals surface area (Å²) in [5, 5.41) is 4.54. The molecule has 3 aromatic rings. The van der Waals surface area contributed by atoms with Crippen LogP contribution in [0.5, 0.6) is 11.5 Å². The molecule has 0 bridgehead atoms. The Morgan fingerprint density at radius 2 is 1.55 bits per heavy atom. The predicted molar refractivity (Wildman–Crippen MR) is 115 cm³/mol. The number of ether oxygens (including phenoxy) is 2. The van der Waals surface area contributed by atoms with E-state index in [1.807, 2.05) is 37.3 Å². The highest BCUT2D eigenvalue weighted by atomic mass is 35.5. The van der Waals surface area contributed by atoms with Crippen LogP contribution in [0.3, 0.4) is 0 Å². The molecule has 0 unspecified atom stereocenters. The largest absolute Gasteiger partial charge is 0.490 e. The van der Waals surface area contributed by atoms with Gasteiger partial charge in [0.05, 0.1) is 6.61 Å². The van der Waals surface area contributed by atoms with Gasteiger partial charge in [0.1, 0.15) is 12.4 Å². The Morgan fingerprint density at radius 1 is 0.828 bits per heavy atom. The first kappa shape index (κ1) is 21.4. The Hall–Kier alpha value is -2.27. The summed E-state index contributed by atoms with van der Waals surface area (Å²) in [6, 6.07) is 17.6. The number of benzene rings is 3. The number of nitrogens with one attached hydrogen (secondary N) is 1. The van der Waals surface area contributed by atoms with Crippen LogP contribution in [0.1, 0.15) is 23.6 Å². The summed E-state index contributed by atoms with van der Waals surface area (Å²) in [6.45, 7) is 3.89. The van der Waals surface area contributed by atoms with Crippen LogP contribution in [0.2, 0.25) is 10.0 Å². The highest BCUT2D eigenvalue weighted by Gasteiger charge is 2.12. The van der Waals surface area contributed by atoms with Gasteiger partial charge in [0.2, 0.25) is 0 Å². The number of rotatable bonds is 9. The van der Waals surface area contributed by atoms with Crippen molar-refractivity contribution in [2.75, 3.05) is 6.61 Å². The molecule has 0 aliphatic carbocycles. The van der Waals surface area contributed by atoms with Gasteiger partial charge in [-0.15, -0.1) is 0 Å². The maximum absolute atomic E-state index is 13.0. The minimum Gasteiger partial charge on any atom is -0.490 e. The monoisotopic (exact) mass is 433 g/mol. The lowest BCUT2D eigenvalue weighted by Crippen LogP contribution is -2.13. The van der Waals surface area contributed by atoms with Crippen molar-refractivity contribution in [2.45, 2.75) is 26.6 Å². The summed E-state index contributed by atoms with van der Waals surface area (Å²) in [5.41, 5.74) is 2.77. The molecule has 152 valence electrons. The van der Waals surface area contributed by atoms with Gasteiger partial charge < -0.3 is 14.8 Å². The predicted octanol–water partition coefficient (Wildman–Crippen LogP) is 6.40. The lowest BCUT2D eigenvalue weighted by molar-refractivity contribution is 0.269. The average Bonchev–Trinajstić information content (AvgIpc) is 2.71. The molecule has 0 saturated carbocycles. The molecular weight excluding hydrogens is 412 g/mol. The fraction of sp³-hybridized carbons (Fsp3) is 0.217. The fourth-order valence-electron chi connectivity index (χ4n) is 2.81. The van der Waals surface area contributed by atoms with Crippen molar-refractivity contribution in [3.63, 3.8) is 0 Å². The zero-order chi connectivity index (χ0) is 20.6. The van der Waals surface area contributed by atoms with E-state index in [1.54, 1.807) is 18.2 Å². The molecule has 0 amide bonds. The summed E-state index contributed by atoms with van der Waals surface area (Å²) in [4.78, 5) is 0. The molecule has 6 heteroatoms. The number of halogens is 3. The summed E-state index contributed by atoms with van der Waals surface area (Å²) < 4.78 is 24.7. The van der Waals surface area contributed by atoms with Crippen molar-refractivity contribution >= 4 is 23.2 Å². The molecule has 0 aliphatic heterocycles. The molecule has 0 fully saturated rings. The second kappa shape index (κ2) is 10.5. The van der Waals surface area contributed by atoms with Crippen LogP contribution in [0.25, 0.3) is 0 Å². The van der Waals surface area contributed by atoms with Gasteiger partial charge in [0, 0.05) is 34.8 Å². The first-order chi connectivity index (χ1) is 14.1. The smallest absolute Gasteiger partial charge is 0.163 e. The zero-order valence-corrected chi connectivity index (χ0v) is 17.6. The van der Waals surface area contributed by atoms with E-state index in [4.69, 9.17) is 32.7 Å². The van der Waals surface area contributed by atoms with Crippen LogP contribution in [0.4, 0.5) is 4.39 Å². The van der Waals surface area contributed by atoms with Crippen LogP contribution in [-0.4, -0.2) is 6.61 Å². The summed E-state index contributed by atoms with van der Waals surface area (Å²) in [5.74, 6) is 0.951. The van der Waals surface area contributed by atoms with Crippen LogP contribution in [-0.2, 0) is 19.7 Å². The van der Waals surface area contributed by atoms with Crippen molar-refractivity contribution in [1.29, 1.82) is 0 Å². The highest BCUT2D eigenvalue weighted by molar-refractivity contribution is 6.31. The minimum atomic E-state index is -0.245. The molecular formula is C23H22Cl2FNO2. The number of hydrogen-bond donors (Lipinski definition) is 1. The van der Waals surface area contributed by atoms with E-state index in [-0.39, 0.29) is 5.82 Å². The van der Waals surface area contributed by atoms with Gasteiger partial charge in [-0.3, -0.25) is 0 Å². The van der Waals surface area contributed by atoms with Gasteiger partial charge in [-0.25, -0.2) is 4.39 Å². The lowest BCUT2D eigenvalue weighted by Gasteiger charge is -2.16. The van der Waals surface area contributed by atoms with Crippen LogP contribution < -0.4 is 14.8 Å². The molecule has 1 N–H and O–H groups in total. The van der Waals surface area contributed by atoms with Gasteiger partial charge in [-0.05, 0) is 42.3 Å². The summed E-state index contributed by atoms with van der Waals surface area (Å²) in [6.07, 6.45) is 0. The SMILES string of the molecule is CCOc1cc(CNCc2ccc(F)cc2)c(Cl)cc1OCc1ccccc1Cl. The quantitative estimate of drug-likeness (QED) is 0.423. The Kier molecular flexibility index (Phi) is 7.76. The molecule has 0 saturated heterocycles. The standard InChI is InChI=1S/C23H22Cl2FNO2/c1-2-28-22-11-18(14-27-13-16-7-9-19(26)10-8-16)21(25)12-23(22)29-15-17-5-3-4-6-20(17)24/h3-12,27H,2,13-15H2,1H3. The molecule has 0 aromatic heterocycles. The highest BCUT2D eigenvalue weighted by Crippen LogP contribution is 2.34. The third-order valence-corrected chi connectivity index (χ3v) is 5.03. The third kappa shape index (κ3) is 6.10. The Balaban J connectivity index is 1.68. The molecule has 3 rings (SSSR count). The molecule has 0 radical (unpaired) electrons. The molecule has 0 heterocycles. The van der Waals surface area contributed by atoms with E-state index >= 15 is 0 Å². The van der Waals surface area contributed by atoms with Crippen LogP contribution >= 0.6 is 23.2 Å². The second-order valence-electron chi connectivity index (χ2n) is 6.43. The Morgan fingerprint density at radius 3 is 2.28 bits per heavy atom. The normalized spacial score (nSPS) is 10.8. The fourth-order valence-corrected chi connectivity index (χ4v) is 3.22. The zero-order valence-electron chi connectivity index (χ0n) is 16.1. The van der Waals surface area contributed by atoms with E-state index in [0.29, 0.717) is 47.8 Å². The van der Waals surface area contributed by atoms with Crippen molar-refractivity contribution in [3.8, 4) is 11.5 Å². The van der Waals surface area contributed by atoms with E-state index in [9.17, 15) is 4.39 Å². The molecule has 0 atom stereocenters. The summed E-state index contributed by atoms with van der Waals surface area (Å²) in [7, 11) is 0. The van der Waals surface area contributed by atoms with Crippen molar-refractivity contribution in [1.82, 2.24) is 5.32 Å². The van der Waals surface area contributed by atoms with E-state index in [2.05, 4.69) is 5.32 Å². The Labute approximate surface area is 180 Å². The first-order valence-corrected chi connectivity index (χ1v) is 10.1. The minimum absolute atomic E-state index is 0.245. The average molecular weight is 434 g/mol.